The van der Waals surface area contributed by atoms with Crippen molar-refractivity contribution in [2.45, 2.75) is 6.10 Å². The average molecular weight is 253 g/mol. The van der Waals surface area contributed by atoms with Crippen LogP contribution in [0, 0.1) is 0 Å². The third kappa shape index (κ3) is 2.57. The Kier molecular flexibility index (Phi) is 3.14. The van der Waals surface area contributed by atoms with Crippen LogP contribution in [-0.2, 0) is 11.8 Å². The number of hydrogen-bond acceptors (Lipinski definition) is 3. The third-order valence-corrected chi connectivity index (χ3v) is 3.05. The summed E-state index contributed by atoms with van der Waals surface area (Å²) < 4.78 is 7.71. The first kappa shape index (κ1) is 11.7. The molecule has 0 spiro atoms. The fraction of sp³-hybridized carbons (Fsp3) is 0.200. The standard InChI is InChI=1S/C15H15N3O/c1-18-10-6-5-9-14(18)17-15-16-11-13(19-15)12-7-3-2-4-8-12/h2-10,13H,11H2,1H3/b17-14+. The van der Waals surface area contributed by atoms with Crippen molar-refractivity contribution in [1.82, 2.24) is 4.57 Å². The summed E-state index contributed by atoms with van der Waals surface area (Å²) in [6, 6.07) is 16.4. The summed E-state index contributed by atoms with van der Waals surface area (Å²) in [6.07, 6.45) is 1.93. The maximum Gasteiger partial charge on any atom is 0.314 e. The fourth-order valence-electron chi connectivity index (χ4n) is 1.99. The molecular weight excluding hydrogens is 238 g/mol. The van der Waals surface area contributed by atoms with E-state index >= 15 is 0 Å². The van der Waals surface area contributed by atoms with Crippen molar-refractivity contribution in [3.8, 4) is 0 Å². The van der Waals surface area contributed by atoms with E-state index < -0.39 is 0 Å². The van der Waals surface area contributed by atoms with Crippen LogP contribution in [0.1, 0.15) is 11.7 Å². The summed E-state index contributed by atoms with van der Waals surface area (Å²) in [4.78, 5) is 8.77. The van der Waals surface area contributed by atoms with E-state index in [9.17, 15) is 0 Å². The lowest BCUT2D eigenvalue weighted by molar-refractivity contribution is 0.226. The molecule has 0 bridgehead atoms. The monoisotopic (exact) mass is 253 g/mol. The van der Waals surface area contributed by atoms with Gasteiger partial charge >= 0.3 is 6.02 Å². The number of aliphatic imine (C=N–C) groups is 1. The molecule has 0 N–H and O–H groups in total. The van der Waals surface area contributed by atoms with E-state index in [2.05, 4.69) is 9.98 Å². The van der Waals surface area contributed by atoms with Crippen LogP contribution in [0.2, 0.25) is 0 Å². The zero-order chi connectivity index (χ0) is 13.1. The number of nitrogens with zero attached hydrogens (tertiary/aromatic N) is 3. The minimum atomic E-state index is -0.0195. The van der Waals surface area contributed by atoms with E-state index in [1.54, 1.807) is 0 Å². The molecule has 1 atom stereocenters. The second kappa shape index (κ2) is 5.10. The number of aryl methyl sites for hydroxylation is 1. The van der Waals surface area contributed by atoms with Crippen LogP contribution in [0.4, 0.5) is 0 Å². The summed E-state index contributed by atoms with van der Waals surface area (Å²) in [7, 11) is 1.95. The topological polar surface area (TPSA) is 38.9 Å². The smallest absolute Gasteiger partial charge is 0.314 e. The lowest BCUT2D eigenvalue weighted by Gasteiger charge is -2.09. The molecule has 0 saturated heterocycles. The second-order valence-corrected chi connectivity index (χ2v) is 4.42. The fourth-order valence-corrected chi connectivity index (χ4v) is 1.99. The number of hydrogen-bond donors (Lipinski definition) is 0. The number of pyridine rings is 1. The summed E-state index contributed by atoms with van der Waals surface area (Å²) in [6.45, 7) is 0.624. The molecule has 19 heavy (non-hydrogen) atoms. The average Bonchev–Trinajstić information content (AvgIpc) is 2.91. The maximum atomic E-state index is 5.78. The van der Waals surface area contributed by atoms with Crippen molar-refractivity contribution in [3.05, 3.63) is 65.8 Å². The Morgan fingerprint density at radius 1 is 1.16 bits per heavy atom. The molecule has 1 aliphatic rings. The van der Waals surface area contributed by atoms with Gasteiger partial charge in [-0.25, -0.2) is 4.99 Å². The number of aromatic nitrogens is 1. The van der Waals surface area contributed by atoms with Crippen molar-refractivity contribution in [2.24, 2.45) is 17.0 Å². The maximum absolute atomic E-state index is 5.78. The molecule has 96 valence electrons. The van der Waals surface area contributed by atoms with Gasteiger partial charge in [0.25, 0.3) is 0 Å². The van der Waals surface area contributed by atoms with Crippen LogP contribution in [0.3, 0.4) is 0 Å². The van der Waals surface area contributed by atoms with E-state index in [1.165, 1.54) is 0 Å². The summed E-state index contributed by atoms with van der Waals surface area (Å²) in [5, 5.41) is 0. The van der Waals surface area contributed by atoms with Gasteiger partial charge < -0.3 is 9.30 Å². The molecular formula is C15H15N3O. The normalized spacial score (nSPS) is 19.1. The molecule has 0 saturated carbocycles. The van der Waals surface area contributed by atoms with Gasteiger partial charge in [0, 0.05) is 13.2 Å². The van der Waals surface area contributed by atoms with E-state index in [4.69, 9.17) is 4.74 Å². The first-order valence-corrected chi connectivity index (χ1v) is 6.25. The van der Waals surface area contributed by atoms with Gasteiger partial charge in [-0.1, -0.05) is 36.4 Å². The Balaban J connectivity index is 1.80. The highest BCUT2D eigenvalue weighted by Crippen LogP contribution is 2.22. The van der Waals surface area contributed by atoms with Gasteiger partial charge in [0.15, 0.2) is 0 Å². The van der Waals surface area contributed by atoms with Crippen LogP contribution in [-0.4, -0.2) is 17.1 Å². The highest BCUT2D eigenvalue weighted by Gasteiger charge is 2.20. The molecule has 1 aliphatic heterocycles. The van der Waals surface area contributed by atoms with Crippen molar-refractivity contribution >= 4 is 6.02 Å². The third-order valence-electron chi connectivity index (χ3n) is 3.05. The van der Waals surface area contributed by atoms with E-state index in [0.717, 1.165) is 11.1 Å². The lowest BCUT2D eigenvalue weighted by atomic mass is 10.1. The molecule has 0 amide bonds. The first-order valence-electron chi connectivity index (χ1n) is 6.25. The van der Waals surface area contributed by atoms with Gasteiger partial charge in [0.2, 0.25) is 0 Å². The molecule has 1 aromatic heterocycles. The second-order valence-electron chi connectivity index (χ2n) is 4.42. The van der Waals surface area contributed by atoms with E-state index in [-0.39, 0.29) is 6.10 Å². The number of rotatable bonds is 1. The van der Waals surface area contributed by atoms with E-state index in [1.807, 2.05) is 66.3 Å². The van der Waals surface area contributed by atoms with Gasteiger partial charge in [-0.3, -0.25) is 0 Å². The lowest BCUT2D eigenvalue weighted by Crippen LogP contribution is -2.18. The number of benzene rings is 1. The van der Waals surface area contributed by atoms with Crippen LogP contribution in [0.15, 0.2) is 64.7 Å². The molecule has 2 heterocycles. The van der Waals surface area contributed by atoms with Gasteiger partial charge in [-0.05, 0) is 17.7 Å². The molecule has 1 unspecified atom stereocenters. The molecule has 0 radical (unpaired) electrons. The van der Waals surface area contributed by atoms with Crippen LogP contribution in [0.5, 0.6) is 0 Å². The highest BCUT2D eigenvalue weighted by atomic mass is 16.5. The van der Waals surface area contributed by atoms with Gasteiger partial charge in [-0.15, -0.1) is 0 Å². The summed E-state index contributed by atoms with van der Waals surface area (Å²) in [5.41, 5.74) is 1.96. The minimum Gasteiger partial charge on any atom is -0.453 e. The Morgan fingerprint density at radius 3 is 2.74 bits per heavy atom. The number of ether oxygens (including phenoxy) is 1. The molecule has 0 aliphatic carbocycles. The summed E-state index contributed by atoms with van der Waals surface area (Å²) in [5.74, 6) is 0. The van der Waals surface area contributed by atoms with Gasteiger partial charge in [0.05, 0.1) is 6.54 Å². The highest BCUT2D eigenvalue weighted by molar-refractivity contribution is 5.76. The van der Waals surface area contributed by atoms with E-state index in [0.29, 0.717) is 12.6 Å². The van der Waals surface area contributed by atoms with Crippen LogP contribution < -0.4 is 5.49 Å². The zero-order valence-corrected chi connectivity index (χ0v) is 10.7. The van der Waals surface area contributed by atoms with Crippen LogP contribution in [0.25, 0.3) is 0 Å². The Labute approximate surface area is 111 Å². The molecule has 4 nitrogen and oxygen atoms in total. The molecule has 0 fully saturated rings. The van der Waals surface area contributed by atoms with Gasteiger partial charge in [0.1, 0.15) is 11.6 Å². The Hall–Kier alpha value is -2.36. The predicted octanol–water partition coefficient (Wildman–Crippen LogP) is 2.05. The minimum absolute atomic E-state index is 0.0195. The van der Waals surface area contributed by atoms with Crippen molar-refractivity contribution in [2.75, 3.05) is 6.54 Å². The largest absolute Gasteiger partial charge is 0.453 e. The number of amidine groups is 1. The van der Waals surface area contributed by atoms with Gasteiger partial charge in [-0.2, -0.15) is 4.99 Å². The SMILES string of the molecule is Cn1cccc/c1=N\C1=NCC(c2ccccc2)O1. The van der Waals surface area contributed by atoms with Crippen LogP contribution >= 0.6 is 0 Å². The van der Waals surface area contributed by atoms with Crippen molar-refractivity contribution < 1.29 is 4.74 Å². The molecule has 1 aromatic carbocycles. The Morgan fingerprint density at radius 2 is 1.95 bits per heavy atom. The quantitative estimate of drug-likeness (QED) is 0.766. The predicted molar refractivity (Wildman–Crippen MR) is 73.5 cm³/mol. The zero-order valence-electron chi connectivity index (χ0n) is 10.7. The van der Waals surface area contributed by atoms with Crippen molar-refractivity contribution in [3.63, 3.8) is 0 Å². The summed E-state index contributed by atoms with van der Waals surface area (Å²) >= 11 is 0. The first-order chi connectivity index (χ1) is 9.33. The van der Waals surface area contributed by atoms with Crippen molar-refractivity contribution in [1.29, 1.82) is 0 Å². The molecule has 2 aromatic rings. The molecule has 4 heteroatoms. The molecule has 3 rings (SSSR count). The Bertz CT molecular complexity index is 658.